The SMILES string of the molecule is COc1ccc(F)cc1[C@@H](C)CC(=O)O. The number of carbonyl (C=O) groups is 1. The van der Waals surface area contributed by atoms with Crippen LogP contribution in [0.15, 0.2) is 18.2 Å². The van der Waals surface area contributed by atoms with Gasteiger partial charge < -0.3 is 9.84 Å². The zero-order chi connectivity index (χ0) is 11.4. The van der Waals surface area contributed by atoms with E-state index in [-0.39, 0.29) is 18.2 Å². The lowest BCUT2D eigenvalue weighted by molar-refractivity contribution is -0.137. The highest BCUT2D eigenvalue weighted by molar-refractivity contribution is 5.68. The average molecular weight is 212 g/mol. The maximum Gasteiger partial charge on any atom is 0.303 e. The van der Waals surface area contributed by atoms with Crippen LogP contribution in [0.2, 0.25) is 0 Å². The fourth-order valence-corrected chi connectivity index (χ4v) is 1.46. The summed E-state index contributed by atoms with van der Waals surface area (Å²) >= 11 is 0. The number of methoxy groups -OCH3 is 1. The largest absolute Gasteiger partial charge is 0.496 e. The first-order valence-electron chi connectivity index (χ1n) is 4.59. The maximum absolute atomic E-state index is 13.0. The van der Waals surface area contributed by atoms with Crippen molar-refractivity contribution in [2.24, 2.45) is 0 Å². The minimum absolute atomic E-state index is 0.0419. The van der Waals surface area contributed by atoms with Crippen molar-refractivity contribution in [1.82, 2.24) is 0 Å². The van der Waals surface area contributed by atoms with Gasteiger partial charge in [-0.2, -0.15) is 0 Å². The van der Waals surface area contributed by atoms with Crippen LogP contribution in [-0.4, -0.2) is 18.2 Å². The molecule has 0 bridgehead atoms. The van der Waals surface area contributed by atoms with Gasteiger partial charge in [0, 0.05) is 5.56 Å². The van der Waals surface area contributed by atoms with Crippen LogP contribution < -0.4 is 4.74 Å². The normalized spacial score (nSPS) is 12.2. The predicted molar refractivity (Wildman–Crippen MR) is 53.6 cm³/mol. The van der Waals surface area contributed by atoms with Gasteiger partial charge in [0.05, 0.1) is 13.5 Å². The Bertz CT molecular complexity index is 363. The first-order chi connectivity index (χ1) is 7.04. The smallest absolute Gasteiger partial charge is 0.303 e. The number of hydrogen-bond donors (Lipinski definition) is 1. The number of hydrogen-bond acceptors (Lipinski definition) is 2. The molecule has 4 heteroatoms. The zero-order valence-corrected chi connectivity index (χ0v) is 8.66. The van der Waals surface area contributed by atoms with Crippen molar-refractivity contribution < 1.29 is 19.0 Å². The van der Waals surface area contributed by atoms with Crippen LogP contribution >= 0.6 is 0 Å². The highest BCUT2D eigenvalue weighted by Crippen LogP contribution is 2.29. The van der Waals surface area contributed by atoms with Gasteiger partial charge in [-0.15, -0.1) is 0 Å². The van der Waals surface area contributed by atoms with E-state index in [2.05, 4.69) is 0 Å². The summed E-state index contributed by atoms with van der Waals surface area (Å²) < 4.78 is 18.0. The van der Waals surface area contributed by atoms with E-state index in [0.29, 0.717) is 11.3 Å². The van der Waals surface area contributed by atoms with Crippen LogP contribution in [0.1, 0.15) is 24.8 Å². The molecule has 0 heterocycles. The van der Waals surface area contributed by atoms with Crippen molar-refractivity contribution in [2.45, 2.75) is 19.3 Å². The minimum Gasteiger partial charge on any atom is -0.496 e. The van der Waals surface area contributed by atoms with E-state index in [0.717, 1.165) is 0 Å². The number of halogens is 1. The molecule has 1 aromatic rings. The number of aliphatic carboxylic acids is 1. The van der Waals surface area contributed by atoms with Crippen LogP contribution in [-0.2, 0) is 4.79 Å². The average Bonchev–Trinajstić information content (AvgIpc) is 2.16. The summed E-state index contributed by atoms with van der Waals surface area (Å²) in [5.74, 6) is -1.05. The zero-order valence-electron chi connectivity index (χ0n) is 8.66. The summed E-state index contributed by atoms with van der Waals surface area (Å²) in [7, 11) is 1.48. The Morgan fingerprint density at radius 3 is 2.80 bits per heavy atom. The van der Waals surface area contributed by atoms with Gasteiger partial charge in [0.25, 0.3) is 0 Å². The van der Waals surface area contributed by atoms with Crippen molar-refractivity contribution in [3.05, 3.63) is 29.6 Å². The van der Waals surface area contributed by atoms with Gasteiger partial charge in [0.2, 0.25) is 0 Å². The van der Waals surface area contributed by atoms with Crippen molar-refractivity contribution in [1.29, 1.82) is 0 Å². The van der Waals surface area contributed by atoms with Gasteiger partial charge in [-0.3, -0.25) is 4.79 Å². The summed E-state index contributed by atoms with van der Waals surface area (Å²) in [6, 6.07) is 4.10. The van der Waals surface area contributed by atoms with Crippen LogP contribution in [0.4, 0.5) is 4.39 Å². The van der Waals surface area contributed by atoms with E-state index in [9.17, 15) is 9.18 Å². The molecule has 3 nitrogen and oxygen atoms in total. The van der Waals surface area contributed by atoms with Gasteiger partial charge in [0.15, 0.2) is 0 Å². The molecular formula is C11H13FO3. The number of carboxylic acid groups (broad SMARTS) is 1. The molecule has 0 radical (unpaired) electrons. The second-order valence-electron chi connectivity index (χ2n) is 3.39. The van der Waals surface area contributed by atoms with Crippen molar-refractivity contribution in [2.75, 3.05) is 7.11 Å². The molecule has 0 saturated carbocycles. The molecule has 0 aromatic heterocycles. The molecule has 0 aliphatic rings. The monoisotopic (exact) mass is 212 g/mol. The van der Waals surface area contributed by atoms with E-state index in [4.69, 9.17) is 9.84 Å². The van der Waals surface area contributed by atoms with Gasteiger partial charge in [-0.1, -0.05) is 6.92 Å². The second kappa shape index (κ2) is 4.77. The Morgan fingerprint density at radius 2 is 2.27 bits per heavy atom. The Labute approximate surface area is 87.5 Å². The number of ether oxygens (including phenoxy) is 1. The minimum atomic E-state index is -0.909. The molecule has 1 rings (SSSR count). The van der Waals surface area contributed by atoms with E-state index < -0.39 is 5.97 Å². The topological polar surface area (TPSA) is 46.5 Å². The molecule has 82 valence electrons. The summed E-state index contributed by atoms with van der Waals surface area (Å²) in [5, 5.41) is 8.64. The third-order valence-corrected chi connectivity index (χ3v) is 2.20. The molecular weight excluding hydrogens is 199 g/mol. The number of rotatable bonds is 4. The third kappa shape index (κ3) is 2.94. The molecule has 0 saturated heterocycles. The lowest BCUT2D eigenvalue weighted by Crippen LogP contribution is -2.05. The summed E-state index contributed by atoms with van der Waals surface area (Å²) in [5.41, 5.74) is 0.583. The van der Waals surface area contributed by atoms with Gasteiger partial charge >= 0.3 is 5.97 Å². The van der Waals surface area contributed by atoms with Crippen LogP contribution in [0.25, 0.3) is 0 Å². The number of benzene rings is 1. The molecule has 15 heavy (non-hydrogen) atoms. The second-order valence-corrected chi connectivity index (χ2v) is 3.39. The molecule has 1 atom stereocenters. The first kappa shape index (κ1) is 11.5. The van der Waals surface area contributed by atoms with Crippen LogP contribution in [0.5, 0.6) is 5.75 Å². The Kier molecular flexibility index (Phi) is 3.66. The van der Waals surface area contributed by atoms with Crippen LogP contribution in [0, 0.1) is 5.82 Å². The molecule has 0 unspecified atom stereocenters. The van der Waals surface area contributed by atoms with E-state index in [1.54, 1.807) is 6.92 Å². The highest BCUT2D eigenvalue weighted by Gasteiger charge is 2.15. The van der Waals surface area contributed by atoms with Gasteiger partial charge in [-0.25, -0.2) is 4.39 Å². The molecule has 0 aliphatic heterocycles. The highest BCUT2D eigenvalue weighted by atomic mass is 19.1. The fourth-order valence-electron chi connectivity index (χ4n) is 1.46. The Hall–Kier alpha value is -1.58. The molecule has 0 aliphatic carbocycles. The maximum atomic E-state index is 13.0. The van der Waals surface area contributed by atoms with E-state index in [1.165, 1.54) is 25.3 Å². The molecule has 0 spiro atoms. The van der Waals surface area contributed by atoms with Gasteiger partial charge in [0.1, 0.15) is 11.6 Å². The van der Waals surface area contributed by atoms with Gasteiger partial charge in [-0.05, 0) is 24.1 Å². The third-order valence-electron chi connectivity index (χ3n) is 2.20. The van der Waals surface area contributed by atoms with E-state index in [1.807, 2.05) is 0 Å². The van der Waals surface area contributed by atoms with Crippen molar-refractivity contribution in [3.63, 3.8) is 0 Å². The Morgan fingerprint density at radius 1 is 1.60 bits per heavy atom. The standard InChI is InChI=1S/C11H13FO3/c1-7(5-11(13)14)9-6-8(12)3-4-10(9)15-2/h3-4,6-7H,5H2,1-2H3,(H,13,14)/t7-/m0/s1. The summed E-state index contributed by atoms with van der Waals surface area (Å²) in [4.78, 5) is 10.5. The fraction of sp³-hybridized carbons (Fsp3) is 0.364. The van der Waals surface area contributed by atoms with Crippen molar-refractivity contribution >= 4 is 5.97 Å². The lowest BCUT2D eigenvalue weighted by Gasteiger charge is -2.13. The Balaban J connectivity index is 2.99. The van der Waals surface area contributed by atoms with E-state index >= 15 is 0 Å². The predicted octanol–water partition coefficient (Wildman–Crippen LogP) is 2.41. The van der Waals surface area contributed by atoms with Crippen molar-refractivity contribution in [3.8, 4) is 5.75 Å². The molecule has 0 amide bonds. The quantitative estimate of drug-likeness (QED) is 0.833. The molecule has 0 fully saturated rings. The lowest BCUT2D eigenvalue weighted by atomic mass is 9.97. The molecule has 1 aromatic carbocycles. The number of carboxylic acids is 1. The molecule has 1 N–H and O–H groups in total. The summed E-state index contributed by atoms with van der Waals surface area (Å²) in [6.45, 7) is 1.73. The van der Waals surface area contributed by atoms with Crippen LogP contribution in [0.3, 0.4) is 0 Å². The first-order valence-corrected chi connectivity index (χ1v) is 4.59. The summed E-state index contributed by atoms with van der Waals surface area (Å²) in [6.07, 6.45) is -0.0419.